The zero-order valence-corrected chi connectivity index (χ0v) is 11.0. The lowest BCUT2D eigenvalue weighted by Crippen LogP contribution is -2.13. The van der Waals surface area contributed by atoms with Crippen LogP contribution < -0.4 is 4.74 Å². The minimum Gasteiger partial charge on any atom is -0.493 e. The van der Waals surface area contributed by atoms with E-state index in [0.717, 1.165) is 11.5 Å². The molecule has 3 nitrogen and oxygen atoms in total. The van der Waals surface area contributed by atoms with Crippen molar-refractivity contribution in [2.75, 3.05) is 18.1 Å². The maximum atomic E-state index is 10.6. The van der Waals surface area contributed by atoms with Crippen LogP contribution in [0.25, 0.3) is 0 Å². The van der Waals surface area contributed by atoms with Gasteiger partial charge in [0.05, 0.1) is 12.5 Å². The van der Waals surface area contributed by atoms with Crippen molar-refractivity contribution in [2.24, 2.45) is 5.92 Å². The summed E-state index contributed by atoms with van der Waals surface area (Å²) in [6, 6.07) is 7.91. The zero-order valence-electron chi connectivity index (χ0n) is 10.2. The van der Waals surface area contributed by atoms with E-state index in [4.69, 9.17) is 9.84 Å². The zero-order chi connectivity index (χ0) is 12.7. The SMILES string of the molecule is Cc1cccc(OCCSCC(C)C(=O)O)c1. The number of aryl methyl sites for hydroxylation is 1. The molecule has 0 radical (unpaired) electrons. The molecule has 0 aliphatic carbocycles. The van der Waals surface area contributed by atoms with Crippen molar-refractivity contribution >= 4 is 17.7 Å². The Labute approximate surface area is 106 Å². The Morgan fingerprint density at radius 2 is 2.29 bits per heavy atom. The molecule has 0 spiro atoms. The number of thioether (sulfide) groups is 1. The summed E-state index contributed by atoms with van der Waals surface area (Å²) in [4.78, 5) is 10.6. The van der Waals surface area contributed by atoms with E-state index in [1.165, 1.54) is 5.56 Å². The Morgan fingerprint density at radius 1 is 1.53 bits per heavy atom. The highest BCUT2D eigenvalue weighted by molar-refractivity contribution is 7.99. The largest absolute Gasteiger partial charge is 0.493 e. The summed E-state index contributed by atoms with van der Waals surface area (Å²) in [5.74, 6) is 1.28. The topological polar surface area (TPSA) is 46.5 Å². The van der Waals surface area contributed by atoms with Gasteiger partial charge in [0.25, 0.3) is 0 Å². The lowest BCUT2D eigenvalue weighted by molar-refractivity contribution is -0.140. The van der Waals surface area contributed by atoms with Gasteiger partial charge in [0.2, 0.25) is 0 Å². The molecular weight excluding hydrogens is 236 g/mol. The van der Waals surface area contributed by atoms with Crippen molar-refractivity contribution in [2.45, 2.75) is 13.8 Å². The molecule has 1 N–H and O–H groups in total. The predicted octanol–water partition coefficient (Wildman–Crippen LogP) is 2.83. The monoisotopic (exact) mass is 254 g/mol. The number of hydrogen-bond acceptors (Lipinski definition) is 3. The Balaban J connectivity index is 2.14. The van der Waals surface area contributed by atoms with E-state index >= 15 is 0 Å². The van der Waals surface area contributed by atoms with Gasteiger partial charge in [0.1, 0.15) is 5.75 Å². The highest BCUT2D eigenvalue weighted by Gasteiger charge is 2.09. The van der Waals surface area contributed by atoms with Crippen LogP contribution in [0.2, 0.25) is 0 Å². The van der Waals surface area contributed by atoms with Gasteiger partial charge < -0.3 is 9.84 Å². The fraction of sp³-hybridized carbons (Fsp3) is 0.462. The highest BCUT2D eigenvalue weighted by atomic mass is 32.2. The van der Waals surface area contributed by atoms with Crippen molar-refractivity contribution in [3.63, 3.8) is 0 Å². The predicted molar refractivity (Wildman–Crippen MR) is 70.8 cm³/mol. The molecule has 1 rings (SSSR count). The normalized spacial score (nSPS) is 12.1. The molecule has 1 aromatic carbocycles. The molecule has 0 amide bonds. The number of aliphatic carboxylic acids is 1. The van der Waals surface area contributed by atoms with Crippen molar-refractivity contribution < 1.29 is 14.6 Å². The van der Waals surface area contributed by atoms with Crippen LogP contribution in [0.4, 0.5) is 0 Å². The van der Waals surface area contributed by atoms with Gasteiger partial charge in [0.15, 0.2) is 0 Å². The molecule has 0 heterocycles. The average molecular weight is 254 g/mol. The maximum Gasteiger partial charge on any atom is 0.307 e. The summed E-state index contributed by atoms with van der Waals surface area (Å²) in [6.07, 6.45) is 0. The molecule has 94 valence electrons. The molecule has 1 atom stereocenters. The Bertz CT molecular complexity index is 365. The second-order valence-corrected chi connectivity index (χ2v) is 5.13. The second kappa shape index (κ2) is 7.22. The summed E-state index contributed by atoms with van der Waals surface area (Å²) in [5, 5.41) is 8.70. The van der Waals surface area contributed by atoms with Gasteiger partial charge in [-0.3, -0.25) is 4.79 Å². The molecule has 0 saturated heterocycles. The number of rotatable bonds is 7. The number of hydrogen-bond donors (Lipinski definition) is 1. The minimum atomic E-state index is -0.739. The summed E-state index contributed by atoms with van der Waals surface area (Å²) < 4.78 is 5.56. The standard InChI is InChI=1S/C13H18O3S/c1-10-4-3-5-12(8-10)16-6-7-17-9-11(2)13(14)15/h3-5,8,11H,6-7,9H2,1-2H3,(H,14,15). The second-order valence-electron chi connectivity index (χ2n) is 3.98. The third-order valence-corrected chi connectivity index (χ3v) is 3.47. The van der Waals surface area contributed by atoms with Crippen molar-refractivity contribution in [3.05, 3.63) is 29.8 Å². The average Bonchev–Trinajstić information content (AvgIpc) is 2.28. The fourth-order valence-corrected chi connectivity index (χ4v) is 2.12. The first-order valence-electron chi connectivity index (χ1n) is 5.59. The number of carboxylic acids is 1. The van der Waals surface area contributed by atoms with E-state index in [0.29, 0.717) is 12.4 Å². The minimum absolute atomic E-state index is 0.293. The molecule has 1 unspecified atom stereocenters. The van der Waals surface area contributed by atoms with E-state index in [2.05, 4.69) is 0 Å². The summed E-state index contributed by atoms with van der Waals surface area (Å²) >= 11 is 1.61. The van der Waals surface area contributed by atoms with Crippen molar-refractivity contribution in [3.8, 4) is 5.75 Å². The maximum absolute atomic E-state index is 10.6. The van der Waals surface area contributed by atoms with Crippen LogP contribution in [0.5, 0.6) is 5.75 Å². The first-order valence-corrected chi connectivity index (χ1v) is 6.75. The third kappa shape index (κ3) is 5.63. The summed E-state index contributed by atoms with van der Waals surface area (Å²) in [6.45, 7) is 4.35. The van der Waals surface area contributed by atoms with Gasteiger partial charge in [-0.05, 0) is 24.6 Å². The van der Waals surface area contributed by atoms with E-state index in [1.807, 2.05) is 31.2 Å². The molecule has 4 heteroatoms. The van der Waals surface area contributed by atoms with Crippen LogP contribution in [-0.2, 0) is 4.79 Å². The lowest BCUT2D eigenvalue weighted by atomic mass is 10.2. The number of carbonyl (C=O) groups is 1. The van der Waals surface area contributed by atoms with Gasteiger partial charge in [-0.1, -0.05) is 19.1 Å². The first-order chi connectivity index (χ1) is 8.09. The van der Waals surface area contributed by atoms with Gasteiger partial charge >= 0.3 is 5.97 Å². The molecule has 0 aliphatic rings. The van der Waals surface area contributed by atoms with Gasteiger partial charge in [0, 0.05) is 11.5 Å². The third-order valence-electron chi connectivity index (χ3n) is 2.28. The van der Waals surface area contributed by atoms with E-state index in [9.17, 15) is 4.79 Å². The van der Waals surface area contributed by atoms with Crippen LogP contribution in [0.1, 0.15) is 12.5 Å². The van der Waals surface area contributed by atoms with Crippen LogP contribution in [-0.4, -0.2) is 29.2 Å². The Morgan fingerprint density at radius 3 is 2.94 bits per heavy atom. The Kier molecular flexibility index (Phi) is 5.91. The van der Waals surface area contributed by atoms with Crippen molar-refractivity contribution in [1.29, 1.82) is 0 Å². The number of ether oxygens (including phenoxy) is 1. The van der Waals surface area contributed by atoms with Crippen molar-refractivity contribution in [1.82, 2.24) is 0 Å². The molecule has 0 bridgehead atoms. The smallest absolute Gasteiger partial charge is 0.307 e. The summed E-state index contributed by atoms with van der Waals surface area (Å²) in [5.41, 5.74) is 1.18. The van der Waals surface area contributed by atoms with E-state index in [1.54, 1.807) is 18.7 Å². The van der Waals surface area contributed by atoms with Crippen LogP contribution in [0.15, 0.2) is 24.3 Å². The van der Waals surface area contributed by atoms with E-state index < -0.39 is 5.97 Å². The van der Waals surface area contributed by atoms with E-state index in [-0.39, 0.29) is 5.92 Å². The van der Waals surface area contributed by atoms with Gasteiger partial charge in [-0.2, -0.15) is 11.8 Å². The number of benzene rings is 1. The van der Waals surface area contributed by atoms with Crippen LogP contribution in [0.3, 0.4) is 0 Å². The first kappa shape index (κ1) is 13.9. The highest BCUT2D eigenvalue weighted by Crippen LogP contribution is 2.13. The molecule has 0 aliphatic heterocycles. The quantitative estimate of drug-likeness (QED) is 0.760. The van der Waals surface area contributed by atoms with Gasteiger partial charge in [-0.15, -0.1) is 0 Å². The molecule has 0 aromatic heterocycles. The molecule has 17 heavy (non-hydrogen) atoms. The van der Waals surface area contributed by atoms with Gasteiger partial charge in [-0.25, -0.2) is 0 Å². The lowest BCUT2D eigenvalue weighted by Gasteiger charge is -2.08. The van der Waals surface area contributed by atoms with Crippen LogP contribution >= 0.6 is 11.8 Å². The van der Waals surface area contributed by atoms with Crippen LogP contribution in [0, 0.1) is 12.8 Å². The number of carboxylic acid groups (broad SMARTS) is 1. The molecule has 0 saturated carbocycles. The molecule has 0 fully saturated rings. The molecular formula is C13H18O3S. The molecule has 1 aromatic rings. The Hall–Kier alpha value is -1.16. The summed E-state index contributed by atoms with van der Waals surface area (Å²) in [7, 11) is 0. The fourth-order valence-electron chi connectivity index (χ4n) is 1.25.